The second-order valence-corrected chi connectivity index (χ2v) is 5.72. The molecule has 0 amide bonds. The number of rotatable bonds is 11. The zero-order valence-corrected chi connectivity index (χ0v) is 12.1. The lowest BCUT2D eigenvalue weighted by atomic mass is 10.2. The topological polar surface area (TPSA) is 26.3 Å². The van der Waals surface area contributed by atoms with E-state index in [4.69, 9.17) is 4.74 Å². The number of halogens is 2. The van der Waals surface area contributed by atoms with Crippen molar-refractivity contribution in [2.24, 2.45) is 0 Å². The summed E-state index contributed by atoms with van der Waals surface area (Å²) in [5, 5.41) is -0.156. The molecule has 0 radical (unpaired) electrons. The summed E-state index contributed by atoms with van der Waals surface area (Å²) in [5.74, 6) is 0.661. The standard InChI is InChI=1S/C13H24F2O2S/c1-3-4-9-17-13(16)11(2)18-10-7-5-6-8-12(14)15/h11-12H,3-10H2,1-2H3. The van der Waals surface area contributed by atoms with Gasteiger partial charge in [0, 0.05) is 6.42 Å². The van der Waals surface area contributed by atoms with Gasteiger partial charge in [-0.15, -0.1) is 11.8 Å². The molecule has 0 spiro atoms. The van der Waals surface area contributed by atoms with Crippen molar-refractivity contribution >= 4 is 17.7 Å². The highest BCUT2D eigenvalue weighted by atomic mass is 32.2. The summed E-state index contributed by atoms with van der Waals surface area (Å²) in [6.07, 6.45) is 1.95. The minimum atomic E-state index is -2.19. The van der Waals surface area contributed by atoms with E-state index >= 15 is 0 Å². The fourth-order valence-corrected chi connectivity index (χ4v) is 2.27. The lowest BCUT2D eigenvalue weighted by Gasteiger charge is -2.10. The van der Waals surface area contributed by atoms with Crippen LogP contribution < -0.4 is 0 Å². The average molecular weight is 282 g/mol. The predicted molar refractivity (Wildman–Crippen MR) is 72.3 cm³/mol. The number of unbranched alkanes of at least 4 members (excludes halogenated alkanes) is 3. The first-order chi connectivity index (χ1) is 8.57. The number of carbonyl (C=O) groups excluding carboxylic acids is 1. The number of esters is 1. The van der Waals surface area contributed by atoms with Crippen molar-refractivity contribution < 1.29 is 18.3 Å². The Morgan fingerprint density at radius 1 is 1.22 bits per heavy atom. The third-order valence-corrected chi connectivity index (χ3v) is 3.73. The number of thioether (sulfide) groups is 1. The number of hydrogen-bond acceptors (Lipinski definition) is 3. The molecule has 0 aliphatic carbocycles. The van der Waals surface area contributed by atoms with E-state index in [0.29, 0.717) is 13.0 Å². The van der Waals surface area contributed by atoms with E-state index in [1.54, 1.807) is 0 Å². The van der Waals surface area contributed by atoms with E-state index in [2.05, 4.69) is 0 Å². The first-order valence-corrected chi connectivity index (χ1v) is 7.69. The Morgan fingerprint density at radius 2 is 1.94 bits per heavy atom. The Morgan fingerprint density at radius 3 is 2.56 bits per heavy atom. The maximum atomic E-state index is 11.9. The molecule has 1 unspecified atom stereocenters. The highest BCUT2D eigenvalue weighted by Gasteiger charge is 2.14. The summed E-state index contributed by atoms with van der Waals surface area (Å²) >= 11 is 1.54. The van der Waals surface area contributed by atoms with Crippen molar-refractivity contribution in [2.75, 3.05) is 12.4 Å². The molecular weight excluding hydrogens is 258 g/mol. The first-order valence-electron chi connectivity index (χ1n) is 6.64. The van der Waals surface area contributed by atoms with Crippen LogP contribution in [-0.4, -0.2) is 30.0 Å². The van der Waals surface area contributed by atoms with Crippen LogP contribution in [0, 0.1) is 0 Å². The fourth-order valence-electron chi connectivity index (χ4n) is 1.34. The van der Waals surface area contributed by atoms with Crippen LogP contribution in [0.2, 0.25) is 0 Å². The highest BCUT2D eigenvalue weighted by molar-refractivity contribution is 8.00. The van der Waals surface area contributed by atoms with E-state index in [-0.39, 0.29) is 17.6 Å². The van der Waals surface area contributed by atoms with Crippen molar-refractivity contribution in [2.45, 2.75) is 64.0 Å². The molecule has 0 aromatic rings. The molecule has 0 heterocycles. The van der Waals surface area contributed by atoms with Crippen molar-refractivity contribution in [1.29, 1.82) is 0 Å². The molecule has 0 rings (SSSR count). The summed E-state index contributed by atoms with van der Waals surface area (Å²) in [6.45, 7) is 4.37. The third-order valence-electron chi connectivity index (χ3n) is 2.51. The summed E-state index contributed by atoms with van der Waals surface area (Å²) in [4.78, 5) is 11.5. The van der Waals surface area contributed by atoms with Gasteiger partial charge < -0.3 is 4.74 Å². The van der Waals surface area contributed by atoms with Crippen LogP contribution >= 0.6 is 11.8 Å². The summed E-state index contributed by atoms with van der Waals surface area (Å²) in [6, 6.07) is 0. The monoisotopic (exact) mass is 282 g/mol. The predicted octanol–water partition coefficient (Wildman–Crippen LogP) is 4.28. The van der Waals surface area contributed by atoms with Crippen LogP contribution in [0.25, 0.3) is 0 Å². The Hall–Kier alpha value is -0.320. The zero-order valence-electron chi connectivity index (χ0n) is 11.3. The molecular formula is C13H24F2O2S. The molecule has 0 saturated carbocycles. The SMILES string of the molecule is CCCCOC(=O)C(C)SCCCCCC(F)F. The van der Waals surface area contributed by atoms with Crippen LogP contribution in [-0.2, 0) is 9.53 Å². The van der Waals surface area contributed by atoms with E-state index in [1.165, 1.54) is 11.8 Å². The van der Waals surface area contributed by atoms with Crippen molar-refractivity contribution in [3.63, 3.8) is 0 Å². The van der Waals surface area contributed by atoms with Gasteiger partial charge in [0.25, 0.3) is 0 Å². The quantitative estimate of drug-likeness (QED) is 0.418. The Bertz CT molecular complexity index is 213. The smallest absolute Gasteiger partial charge is 0.318 e. The molecule has 0 aliphatic heterocycles. The van der Waals surface area contributed by atoms with Gasteiger partial charge in [-0.25, -0.2) is 8.78 Å². The molecule has 18 heavy (non-hydrogen) atoms. The number of carbonyl (C=O) groups is 1. The second-order valence-electron chi connectivity index (χ2n) is 4.27. The second kappa shape index (κ2) is 11.8. The Kier molecular flexibility index (Phi) is 11.5. The highest BCUT2D eigenvalue weighted by Crippen LogP contribution is 2.16. The average Bonchev–Trinajstić information content (AvgIpc) is 2.33. The maximum Gasteiger partial charge on any atom is 0.318 e. The molecule has 0 aromatic heterocycles. The van der Waals surface area contributed by atoms with E-state index < -0.39 is 6.43 Å². The van der Waals surface area contributed by atoms with E-state index in [1.807, 2.05) is 13.8 Å². The van der Waals surface area contributed by atoms with Crippen LogP contribution in [0.5, 0.6) is 0 Å². The molecule has 1 atom stereocenters. The number of hydrogen-bond donors (Lipinski definition) is 0. The molecule has 2 nitrogen and oxygen atoms in total. The molecule has 0 fully saturated rings. The molecule has 108 valence electrons. The van der Waals surface area contributed by atoms with Gasteiger partial charge in [-0.2, -0.15) is 0 Å². The zero-order chi connectivity index (χ0) is 13.8. The van der Waals surface area contributed by atoms with Gasteiger partial charge >= 0.3 is 5.97 Å². The van der Waals surface area contributed by atoms with Gasteiger partial charge in [-0.1, -0.05) is 19.8 Å². The molecule has 0 N–H and O–H groups in total. The van der Waals surface area contributed by atoms with Gasteiger partial charge in [0.05, 0.1) is 11.9 Å². The van der Waals surface area contributed by atoms with Crippen molar-refractivity contribution in [1.82, 2.24) is 0 Å². The number of alkyl halides is 2. The van der Waals surface area contributed by atoms with Gasteiger partial charge in [-0.3, -0.25) is 4.79 Å². The molecule has 0 aliphatic rings. The number of ether oxygens (including phenoxy) is 1. The van der Waals surface area contributed by atoms with E-state index in [9.17, 15) is 13.6 Å². The van der Waals surface area contributed by atoms with Crippen LogP contribution in [0.3, 0.4) is 0 Å². The van der Waals surface area contributed by atoms with Crippen molar-refractivity contribution in [3.05, 3.63) is 0 Å². The van der Waals surface area contributed by atoms with Crippen LogP contribution in [0.1, 0.15) is 52.4 Å². The van der Waals surface area contributed by atoms with Crippen LogP contribution in [0.15, 0.2) is 0 Å². The minimum absolute atomic E-state index is 0.0146. The normalized spacial score (nSPS) is 12.7. The minimum Gasteiger partial charge on any atom is -0.465 e. The van der Waals surface area contributed by atoms with E-state index in [0.717, 1.165) is 31.4 Å². The third kappa shape index (κ3) is 10.8. The van der Waals surface area contributed by atoms with Crippen molar-refractivity contribution in [3.8, 4) is 0 Å². The summed E-state index contributed by atoms with van der Waals surface area (Å²) in [5.41, 5.74) is 0. The van der Waals surface area contributed by atoms with Gasteiger partial charge in [-0.05, 0) is 31.9 Å². The van der Waals surface area contributed by atoms with Gasteiger partial charge in [0.15, 0.2) is 0 Å². The summed E-state index contributed by atoms with van der Waals surface area (Å²) in [7, 11) is 0. The molecule has 5 heteroatoms. The summed E-state index contributed by atoms with van der Waals surface area (Å²) < 4.78 is 28.8. The fraction of sp³-hybridized carbons (Fsp3) is 0.923. The van der Waals surface area contributed by atoms with Gasteiger partial charge in [0.2, 0.25) is 6.43 Å². The lowest BCUT2D eigenvalue weighted by Crippen LogP contribution is -2.18. The maximum absolute atomic E-state index is 11.9. The Balaban J connectivity index is 3.40. The Labute approximate surface area is 113 Å². The van der Waals surface area contributed by atoms with Gasteiger partial charge in [0.1, 0.15) is 0 Å². The largest absolute Gasteiger partial charge is 0.465 e. The molecule has 0 aromatic carbocycles. The van der Waals surface area contributed by atoms with Crippen LogP contribution in [0.4, 0.5) is 8.78 Å². The lowest BCUT2D eigenvalue weighted by molar-refractivity contribution is -0.142. The molecule has 0 bridgehead atoms. The molecule has 0 saturated heterocycles. The first kappa shape index (κ1) is 17.7.